The predicted molar refractivity (Wildman–Crippen MR) is 87.4 cm³/mol. The van der Waals surface area contributed by atoms with Crippen molar-refractivity contribution in [1.29, 1.82) is 0 Å². The molecule has 0 aromatic rings. The Morgan fingerprint density at radius 1 is 0.947 bits per heavy atom. The lowest BCUT2D eigenvalue weighted by Gasteiger charge is -2.58. The van der Waals surface area contributed by atoms with E-state index in [1.165, 1.54) is 44.9 Å². The van der Waals surface area contributed by atoms with Gasteiger partial charge in [-0.15, -0.1) is 0 Å². The average molecular weight is 267 g/mol. The Labute approximate surface area is 122 Å². The molecule has 1 unspecified atom stereocenters. The minimum atomic E-state index is 0.486. The molecule has 0 bridgehead atoms. The van der Waals surface area contributed by atoms with E-state index >= 15 is 0 Å². The summed E-state index contributed by atoms with van der Waals surface area (Å²) in [7, 11) is 0. The maximum absolute atomic E-state index is 2.55. The minimum absolute atomic E-state index is 0.486. The molecule has 0 nitrogen and oxygen atoms in total. The van der Waals surface area contributed by atoms with Crippen molar-refractivity contribution < 1.29 is 0 Å². The van der Waals surface area contributed by atoms with Crippen molar-refractivity contribution in [2.75, 3.05) is 0 Å². The second-order valence-electron chi connectivity index (χ2n) is 9.45. The third kappa shape index (κ3) is 3.76. The number of hydrogen-bond donors (Lipinski definition) is 0. The highest BCUT2D eigenvalue weighted by molar-refractivity contribution is 5.02. The van der Waals surface area contributed by atoms with Crippen LogP contribution < -0.4 is 0 Å². The van der Waals surface area contributed by atoms with E-state index < -0.39 is 0 Å². The lowest BCUT2D eigenvalue weighted by molar-refractivity contribution is -0.0768. The van der Waals surface area contributed by atoms with Crippen molar-refractivity contribution >= 4 is 0 Å². The maximum Gasteiger partial charge on any atom is -0.0236 e. The van der Waals surface area contributed by atoms with Gasteiger partial charge >= 0.3 is 0 Å². The van der Waals surface area contributed by atoms with Gasteiger partial charge in [0.2, 0.25) is 0 Å². The van der Waals surface area contributed by atoms with Gasteiger partial charge < -0.3 is 0 Å². The topological polar surface area (TPSA) is 0 Å². The quantitative estimate of drug-likeness (QED) is 0.511. The molecule has 0 saturated heterocycles. The summed E-state index contributed by atoms with van der Waals surface area (Å²) in [5.74, 6) is 0. The summed E-state index contributed by atoms with van der Waals surface area (Å²) < 4.78 is 0. The second-order valence-corrected chi connectivity index (χ2v) is 9.45. The predicted octanol–water partition coefficient (Wildman–Crippen LogP) is 6.84. The molecule has 1 atom stereocenters. The molecule has 19 heavy (non-hydrogen) atoms. The van der Waals surface area contributed by atoms with Crippen molar-refractivity contribution in [2.24, 2.45) is 21.7 Å². The van der Waals surface area contributed by atoms with Crippen LogP contribution in [-0.2, 0) is 0 Å². The SMILES string of the molecule is CCCC1(CC(C)(C)CC)CC(C)(C)CCC1(C)C. The molecule has 1 aliphatic carbocycles. The van der Waals surface area contributed by atoms with Crippen LogP contribution >= 0.6 is 0 Å². The minimum Gasteiger partial charge on any atom is -0.0654 e. The van der Waals surface area contributed by atoms with Gasteiger partial charge in [-0.1, -0.05) is 68.2 Å². The Kier molecular flexibility index (Phi) is 4.86. The Hall–Kier alpha value is 0. The number of rotatable bonds is 5. The summed E-state index contributed by atoms with van der Waals surface area (Å²) in [6.45, 7) is 19.8. The van der Waals surface area contributed by atoms with Crippen molar-refractivity contribution in [1.82, 2.24) is 0 Å². The van der Waals surface area contributed by atoms with E-state index in [9.17, 15) is 0 Å². The maximum atomic E-state index is 2.55. The van der Waals surface area contributed by atoms with E-state index in [1.807, 2.05) is 0 Å². The lowest BCUT2D eigenvalue weighted by atomic mass is 9.47. The van der Waals surface area contributed by atoms with E-state index in [0.717, 1.165) is 0 Å². The van der Waals surface area contributed by atoms with Gasteiger partial charge in [0, 0.05) is 0 Å². The zero-order valence-corrected chi connectivity index (χ0v) is 14.9. The van der Waals surface area contributed by atoms with Crippen LogP contribution in [0.25, 0.3) is 0 Å². The van der Waals surface area contributed by atoms with Gasteiger partial charge in [-0.05, 0) is 53.8 Å². The van der Waals surface area contributed by atoms with Gasteiger partial charge in [-0.2, -0.15) is 0 Å². The molecule has 1 fully saturated rings. The van der Waals surface area contributed by atoms with Crippen LogP contribution in [0.4, 0.5) is 0 Å². The van der Waals surface area contributed by atoms with Crippen molar-refractivity contribution in [3.63, 3.8) is 0 Å². The van der Waals surface area contributed by atoms with Crippen molar-refractivity contribution in [2.45, 2.75) is 100 Å². The fourth-order valence-electron chi connectivity index (χ4n) is 4.50. The van der Waals surface area contributed by atoms with Gasteiger partial charge in [-0.25, -0.2) is 0 Å². The zero-order valence-electron chi connectivity index (χ0n) is 14.9. The first-order chi connectivity index (χ1) is 8.49. The van der Waals surface area contributed by atoms with E-state index in [-0.39, 0.29) is 0 Å². The summed E-state index contributed by atoms with van der Waals surface area (Å²) in [6.07, 6.45) is 9.67. The van der Waals surface area contributed by atoms with E-state index in [1.54, 1.807) is 0 Å². The molecule has 0 spiro atoms. The molecule has 1 saturated carbocycles. The second kappa shape index (κ2) is 5.41. The molecule has 0 heterocycles. The molecule has 1 aliphatic rings. The lowest BCUT2D eigenvalue weighted by Crippen LogP contribution is -2.48. The molecule has 0 aromatic heterocycles. The third-order valence-electron chi connectivity index (χ3n) is 6.18. The standard InChI is InChI=1S/C19H38/c1-9-11-19(14-16(3,4)10-2)15-17(5,6)12-13-18(19,7)8/h9-15H2,1-8H3. The summed E-state index contributed by atoms with van der Waals surface area (Å²) in [5.41, 5.74) is 2.07. The van der Waals surface area contributed by atoms with Crippen LogP contribution in [0.2, 0.25) is 0 Å². The van der Waals surface area contributed by atoms with E-state index in [2.05, 4.69) is 55.4 Å². The Morgan fingerprint density at radius 2 is 1.53 bits per heavy atom. The first-order valence-electron chi connectivity index (χ1n) is 8.49. The summed E-state index contributed by atoms with van der Waals surface area (Å²) >= 11 is 0. The van der Waals surface area contributed by atoms with Gasteiger partial charge in [0.1, 0.15) is 0 Å². The normalized spacial score (nSPS) is 30.3. The van der Waals surface area contributed by atoms with E-state index in [4.69, 9.17) is 0 Å². The van der Waals surface area contributed by atoms with Gasteiger partial charge in [0.05, 0.1) is 0 Å². The van der Waals surface area contributed by atoms with Crippen LogP contribution in [0.3, 0.4) is 0 Å². The first-order valence-corrected chi connectivity index (χ1v) is 8.49. The molecule has 0 aromatic carbocycles. The highest BCUT2D eigenvalue weighted by atomic mass is 14.6. The Balaban J connectivity index is 3.12. The van der Waals surface area contributed by atoms with E-state index in [0.29, 0.717) is 21.7 Å². The molecule has 0 radical (unpaired) electrons. The van der Waals surface area contributed by atoms with Crippen LogP contribution in [0.1, 0.15) is 100 Å². The van der Waals surface area contributed by atoms with Crippen molar-refractivity contribution in [3.05, 3.63) is 0 Å². The first kappa shape index (κ1) is 17.1. The molecule has 114 valence electrons. The average Bonchev–Trinajstić information content (AvgIpc) is 2.24. The van der Waals surface area contributed by atoms with Crippen LogP contribution in [-0.4, -0.2) is 0 Å². The largest absolute Gasteiger partial charge is 0.0654 e. The monoisotopic (exact) mass is 266 g/mol. The highest BCUT2D eigenvalue weighted by Crippen LogP contribution is 2.62. The van der Waals surface area contributed by atoms with Gasteiger partial charge in [-0.3, -0.25) is 0 Å². The molecule has 1 rings (SSSR count). The molecule has 0 heteroatoms. The summed E-state index contributed by atoms with van der Waals surface area (Å²) in [6, 6.07) is 0. The van der Waals surface area contributed by atoms with Crippen LogP contribution in [0, 0.1) is 21.7 Å². The number of hydrogen-bond acceptors (Lipinski definition) is 0. The fourth-order valence-corrected chi connectivity index (χ4v) is 4.50. The molecular weight excluding hydrogens is 228 g/mol. The molecule has 0 N–H and O–H groups in total. The van der Waals surface area contributed by atoms with Gasteiger partial charge in [0.15, 0.2) is 0 Å². The molecular formula is C19H38. The van der Waals surface area contributed by atoms with Crippen LogP contribution in [0.5, 0.6) is 0 Å². The fraction of sp³-hybridized carbons (Fsp3) is 1.00. The summed E-state index contributed by atoms with van der Waals surface area (Å²) in [4.78, 5) is 0. The molecule has 0 amide bonds. The zero-order chi connectivity index (χ0) is 14.9. The highest BCUT2D eigenvalue weighted by Gasteiger charge is 2.52. The van der Waals surface area contributed by atoms with Gasteiger partial charge in [0.25, 0.3) is 0 Å². The van der Waals surface area contributed by atoms with Crippen molar-refractivity contribution in [3.8, 4) is 0 Å². The summed E-state index contributed by atoms with van der Waals surface area (Å²) in [5, 5.41) is 0. The smallest absolute Gasteiger partial charge is 0.0236 e. The molecule has 0 aliphatic heterocycles. The third-order valence-corrected chi connectivity index (χ3v) is 6.18. The van der Waals surface area contributed by atoms with Crippen LogP contribution in [0.15, 0.2) is 0 Å². The Morgan fingerprint density at radius 3 is 2.00 bits per heavy atom. The Bertz CT molecular complexity index is 295.